The summed E-state index contributed by atoms with van der Waals surface area (Å²) in [5.74, 6) is -0.173. The molecule has 1 amide bonds. The van der Waals surface area contributed by atoms with Gasteiger partial charge in [0, 0.05) is 6.04 Å². The summed E-state index contributed by atoms with van der Waals surface area (Å²) >= 11 is 0. The Morgan fingerprint density at radius 2 is 2.15 bits per heavy atom. The van der Waals surface area contributed by atoms with E-state index in [0.717, 1.165) is 25.7 Å². The average Bonchev–Trinajstić information content (AvgIpc) is 2.36. The Balaban J connectivity index is 2.32. The van der Waals surface area contributed by atoms with Crippen LogP contribution in [0.25, 0.3) is 0 Å². The second-order valence-corrected chi connectivity index (χ2v) is 4.99. The van der Waals surface area contributed by atoms with Gasteiger partial charge in [-0.3, -0.25) is 19.1 Å². The fourth-order valence-corrected chi connectivity index (χ4v) is 2.13. The number of carbonyl (C=O) groups is 1. The molecule has 1 fully saturated rings. The molecule has 1 saturated carbocycles. The van der Waals surface area contributed by atoms with Crippen LogP contribution in [0.3, 0.4) is 0 Å². The Hall–Kier alpha value is -2.11. The number of H-pyrrole nitrogens is 1. The fraction of sp³-hybridized carbons (Fsp3) is 0.500. The van der Waals surface area contributed by atoms with Gasteiger partial charge < -0.3 is 5.32 Å². The van der Waals surface area contributed by atoms with Gasteiger partial charge in [0.2, 0.25) is 5.91 Å². The van der Waals surface area contributed by atoms with Crippen molar-refractivity contribution in [3.8, 4) is 0 Å². The SMILES string of the molecule is CC/C=C/C(=O)Nc1[nH]c(=O)n(C2CCC2)c(=O)c1C. The van der Waals surface area contributed by atoms with E-state index in [2.05, 4.69) is 10.3 Å². The molecule has 1 heterocycles. The molecule has 0 atom stereocenters. The van der Waals surface area contributed by atoms with Crippen LogP contribution in [0.15, 0.2) is 21.7 Å². The average molecular weight is 277 g/mol. The molecule has 6 heteroatoms. The lowest BCUT2D eigenvalue weighted by Crippen LogP contribution is -2.42. The van der Waals surface area contributed by atoms with Crippen LogP contribution in [0.1, 0.15) is 44.2 Å². The van der Waals surface area contributed by atoms with Gasteiger partial charge >= 0.3 is 5.69 Å². The first-order valence-electron chi connectivity index (χ1n) is 6.87. The molecular weight excluding hydrogens is 258 g/mol. The van der Waals surface area contributed by atoms with Crippen molar-refractivity contribution in [3.63, 3.8) is 0 Å². The van der Waals surface area contributed by atoms with E-state index >= 15 is 0 Å². The van der Waals surface area contributed by atoms with Crippen LogP contribution in [0.4, 0.5) is 5.82 Å². The summed E-state index contributed by atoms with van der Waals surface area (Å²) in [6.07, 6.45) is 6.58. The molecule has 1 aliphatic rings. The molecule has 0 spiro atoms. The minimum absolute atomic E-state index is 0.00492. The maximum atomic E-state index is 12.2. The van der Waals surface area contributed by atoms with Crippen LogP contribution in [0, 0.1) is 6.92 Å². The summed E-state index contributed by atoms with van der Waals surface area (Å²) < 4.78 is 1.26. The Labute approximate surface area is 116 Å². The molecular formula is C14H19N3O3. The number of hydrogen-bond acceptors (Lipinski definition) is 3. The van der Waals surface area contributed by atoms with Crippen LogP contribution in [-0.2, 0) is 4.79 Å². The van der Waals surface area contributed by atoms with Crippen LogP contribution in [-0.4, -0.2) is 15.5 Å². The molecule has 2 N–H and O–H groups in total. The first-order valence-corrected chi connectivity index (χ1v) is 6.87. The van der Waals surface area contributed by atoms with E-state index < -0.39 is 5.69 Å². The molecule has 20 heavy (non-hydrogen) atoms. The molecule has 0 saturated heterocycles. The van der Waals surface area contributed by atoms with Gasteiger partial charge in [0.1, 0.15) is 5.82 Å². The fourth-order valence-electron chi connectivity index (χ4n) is 2.13. The zero-order chi connectivity index (χ0) is 14.7. The van der Waals surface area contributed by atoms with Crippen molar-refractivity contribution in [1.29, 1.82) is 0 Å². The van der Waals surface area contributed by atoms with Crippen LogP contribution in [0.2, 0.25) is 0 Å². The molecule has 0 aliphatic heterocycles. The van der Waals surface area contributed by atoms with Gasteiger partial charge in [-0.15, -0.1) is 0 Å². The lowest BCUT2D eigenvalue weighted by atomic mass is 9.93. The lowest BCUT2D eigenvalue weighted by Gasteiger charge is -2.27. The smallest absolute Gasteiger partial charge is 0.308 e. The Kier molecular flexibility index (Phi) is 4.22. The molecule has 0 unspecified atom stereocenters. The topological polar surface area (TPSA) is 84.0 Å². The minimum atomic E-state index is -0.458. The van der Waals surface area contributed by atoms with E-state index in [0.29, 0.717) is 5.56 Å². The molecule has 1 aromatic heterocycles. The molecule has 6 nitrogen and oxygen atoms in total. The molecule has 108 valence electrons. The Morgan fingerprint density at radius 1 is 1.45 bits per heavy atom. The Morgan fingerprint density at radius 3 is 2.70 bits per heavy atom. The highest BCUT2D eigenvalue weighted by atomic mass is 16.2. The molecule has 2 rings (SSSR count). The monoisotopic (exact) mass is 277 g/mol. The number of allylic oxidation sites excluding steroid dienone is 1. The number of amides is 1. The summed E-state index contributed by atoms with van der Waals surface area (Å²) in [6, 6.07) is -0.00492. The molecule has 1 aromatic rings. The lowest BCUT2D eigenvalue weighted by molar-refractivity contribution is -0.111. The van der Waals surface area contributed by atoms with Gasteiger partial charge in [-0.05, 0) is 38.7 Å². The number of hydrogen-bond donors (Lipinski definition) is 2. The highest BCUT2D eigenvalue weighted by Crippen LogP contribution is 2.29. The largest absolute Gasteiger partial charge is 0.330 e. The van der Waals surface area contributed by atoms with E-state index in [1.54, 1.807) is 13.0 Å². The van der Waals surface area contributed by atoms with Crippen molar-refractivity contribution < 1.29 is 4.79 Å². The number of nitrogens with one attached hydrogen (secondary N) is 2. The summed E-state index contributed by atoms with van der Waals surface area (Å²) in [7, 11) is 0. The zero-order valence-corrected chi connectivity index (χ0v) is 11.7. The summed E-state index contributed by atoms with van der Waals surface area (Å²) in [4.78, 5) is 38.4. The second-order valence-electron chi connectivity index (χ2n) is 4.99. The maximum absolute atomic E-state index is 12.2. The van der Waals surface area contributed by atoms with Gasteiger partial charge in [0.15, 0.2) is 0 Å². The number of anilines is 1. The van der Waals surface area contributed by atoms with Crippen LogP contribution in [0.5, 0.6) is 0 Å². The summed E-state index contributed by atoms with van der Waals surface area (Å²) in [5.41, 5.74) is -0.428. The van der Waals surface area contributed by atoms with Gasteiger partial charge in [-0.1, -0.05) is 13.0 Å². The molecule has 0 aromatic carbocycles. The quantitative estimate of drug-likeness (QED) is 0.817. The van der Waals surface area contributed by atoms with Crippen molar-refractivity contribution >= 4 is 11.7 Å². The first kappa shape index (κ1) is 14.3. The van der Waals surface area contributed by atoms with Gasteiger partial charge in [-0.2, -0.15) is 0 Å². The maximum Gasteiger partial charge on any atom is 0.330 e. The predicted molar refractivity (Wildman–Crippen MR) is 77.0 cm³/mol. The normalized spacial score (nSPS) is 15.3. The molecule has 0 bridgehead atoms. The molecule has 1 aliphatic carbocycles. The third-order valence-electron chi connectivity index (χ3n) is 3.56. The second kappa shape index (κ2) is 5.90. The van der Waals surface area contributed by atoms with Gasteiger partial charge in [0.05, 0.1) is 5.56 Å². The number of nitrogens with zero attached hydrogens (tertiary/aromatic N) is 1. The van der Waals surface area contributed by atoms with Crippen LogP contribution >= 0.6 is 0 Å². The van der Waals surface area contributed by atoms with Crippen molar-refractivity contribution in [2.24, 2.45) is 0 Å². The number of carbonyl (C=O) groups excluding carboxylic acids is 1. The standard InChI is InChI=1S/C14H19N3O3/c1-3-4-8-11(18)15-12-9(2)13(19)17(14(20)16-12)10-6-5-7-10/h4,8,10H,3,5-7H2,1-2H3,(H,15,18)(H,16,20)/b8-4+. The number of aromatic nitrogens is 2. The first-order chi connectivity index (χ1) is 9.54. The molecule has 0 radical (unpaired) electrons. The minimum Gasteiger partial charge on any atom is -0.308 e. The van der Waals surface area contributed by atoms with Crippen LogP contribution < -0.4 is 16.6 Å². The number of rotatable bonds is 4. The van der Waals surface area contributed by atoms with Crippen molar-refractivity contribution in [3.05, 3.63) is 38.6 Å². The van der Waals surface area contributed by atoms with E-state index in [1.807, 2.05) is 6.92 Å². The third kappa shape index (κ3) is 2.74. The predicted octanol–water partition coefficient (Wildman–Crippen LogP) is 1.47. The van der Waals surface area contributed by atoms with Gasteiger partial charge in [0.25, 0.3) is 5.56 Å². The number of aromatic amines is 1. The van der Waals surface area contributed by atoms with E-state index in [-0.39, 0.29) is 23.3 Å². The zero-order valence-electron chi connectivity index (χ0n) is 11.7. The Bertz CT molecular complexity index is 651. The van der Waals surface area contributed by atoms with E-state index in [4.69, 9.17) is 0 Å². The van der Waals surface area contributed by atoms with Crippen molar-refractivity contribution in [2.45, 2.75) is 45.6 Å². The summed E-state index contributed by atoms with van der Waals surface area (Å²) in [5, 5.41) is 2.53. The highest BCUT2D eigenvalue weighted by molar-refractivity contribution is 5.98. The van der Waals surface area contributed by atoms with E-state index in [9.17, 15) is 14.4 Å². The third-order valence-corrected chi connectivity index (χ3v) is 3.56. The highest BCUT2D eigenvalue weighted by Gasteiger charge is 2.24. The van der Waals surface area contributed by atoms with Crippen molar-refractivity contribution in [1.82, 2.24) is 9.55 Å². The van der Waals surface area contributed by atoms with Gasteiger partial charge in [-0.25, -0.2) is 4.79 Å². The summed E-state index contributed by atoms with van der Waals surface area (Å²) in [6.45, 7) is 3.52. The van der Waals surface area contributed by atoms with E-state index in [1.165, 1.54) is 10.6 Å². The van der Waals surface area contributed by atoms with Crippen molar-refractivity contribution in [2.75, 3.05) is 5.32 Å².